The Balaban J connectivity index is 0. The molecule has 0 N–H and O–H groups in total. The molecule has 0 unspecified atom stereocenters. The largest absolute Gasteiger partial charge is 1.00 e. The van der Waals surface area contributed by atoms with Crippen molar-refractivity contribution in [2.45, 2.75) is 19.2 Å². The second kappa shape index (κ2) is 6.74. The van der Waals surface area contributed by atoms with Crippen LogP contribution in [-0.2, 0) is 0 Å². The number of rotatable bonds is 3. The standard InChI is InChI=1S/C5H7BF3.K/c1-2-3-4-5-6(7,8)9;/h1H,3-5H2;/q-1;+1. The van der Waals surface area contributed by atoms with Crippen molar-refractivity contribution in [2.75, 3.05) is 0 Å². The van der Waals surface area contributed by atoms with Crippen molar-refractivity contribution in [2.24, 2.45) is 0 Å². The van der Waals surface area contributed by atoms with E-state index >= 15 is 0 Å². The van der Waals surface area contributed by atoms with E-state index in [1.807, 2.05) is 0 Å². The molecule has 0 rings (SSSR count). The van der Waals surface area contributed by atoms with Gasteiger partial charge in [0, 0.05) is 6.42 Å². The minimum atomic E-state index is -4.61. The van der Waals surface area contributed by atoms with Crippen molar-refractivity contribution in [1.29, 1.82) is 0 Å². The van der Waals surface area contributed by atoms with Crippen molar-refractivity contribution in [3.63, 3.8) is 0 Å². The molecule has 0 aliphatic heterocycles. The maximum Gasteiger partial charge on any atom is 1.00 e. The summed E-state index contributed by atoms with van der Waals surface area (Å²) in [6.45, 7) is -4.61. The summed E-state index contributed by atoms with van der Waals surface area (Å²) < 4.78 is 34.1. The van der Waals surface area contributed by atoms with Crippen LogP contribution >= 0.6 is 0 Å². The molecule has 0 aromatic carbocycles. The predicted molar refractivity (Wildman–Crippen MR) is 32.0 cm³/mol. The van der Waals surface area contributed by atoms with Crippen LogP contribution in [0.15, 0.2) is 0 Å². The first-order valence-electron chi connectivity index (χ1n) is 2.71. The molecule has 0 aromatic heterocycles. The molecule has 0 bridgehead atoms. The summed E-state index contributed by atoms with van der Waals surface area (Å²) in [6.07, 6.45) is 4.34. The van der Waals surface area contributed by atoms with Crippen molar-refractivity contribution >= 4 is 6.98 Å². The van der Waals surface area contributed by atoms with Gasteiger partial charge in [-0.1, -0.05) is 12.7 Å². The molecule has 0 spiro atoms. The van der Waals surface area contributed by atoms with Gasteiger partial charge in [0.2, 0.25) is 0 Å². The van der Waals surface area contributed by atoms with Crippen LogP contribution in [-0.4, -0.2) is 6.98 Å². The van der Waals surface area contributed by atoms with Crippen LogP contribution in [0.3, 0.4) is 0 Å². The van der Waals surface area contributed by atoms with Crippen molar-refractivity contribution in [3.8, 4) is 12.3 Å². The van der Waals surface area contributed by atoms with E-state index in [1.54, 1.807) is 0 Å². The topological polar surface area (TPSA) is 0 Å². The van der Waals surface area contributed by atoms with Crippen LogP contribution in [0.1, 0.15) is 12.8 Å². The van der Waals surface area contributed by atoms with E-state index in [0.29, 0.717) is 0 Å². The minimum Gasteiger partial charge on any atom is -0.449 e. The third kappa shape index (κ3) is 11.8. The Hall–Kier alpha value is 1.05. The number of hydrogen-bond donors (Lipinski definition) is 0. The van der Waals surface area contributed by atoms with Crippen LogP contribution in [0, 0.1) is 12.3 Å². The maximum absolute atomic E-state index is 11.4. The van der Waals surface area contributed by atoms with Gasteiger partial charge in [-0.05, 0) is 0 Å². The zero-order valence-corrected chi connectivity index (χ0v) is 9.03. The first-order chi connectivity index (χ1) is 4.06. The van der Waals surface area contributed by atoms with Gasteiger partial charge >= 0.3 is 58.4 Å². The first kappa shape index (κ1) is 13.6. The molecule has 0 saturated carbocycles. The molecule has 0 heterocycles. The van der Waals surface area contributed by atoms with Crippen LogP contribution in [0.4, 0.5) is 12.9 Å². The summed E-state index contributed by atoms with van der Waals surface area (Å²) in [5.41, 5.74) is 0. The molecule has 52 valence electrons. The molecule has 0 saturated heterocycles. The normalized spacial score (nSPS) is 9.80. The van der Waals surface area contributed by atoms with Gasteiger partial charge < -0.3 is 12.9 Å². The van der Waals surface area contributed by atoms with Gasteiger partial charge in [-0.3, -0.25) is 0 Å². The molecule has 0 aromatic rings. The van der Waals surface area contributed by atoms with Crippen molar-refractivity contribution in [3.05, 3.63) is 0 Å². The van der Waals surface area contributed by atoms with Gasteiger partial charge in [0.25, 0.3) is 0 Å². The van der Waals surface area contributed by atoms with Gasteiger partial charge in [-0.15, -0.1) is 12.3 Å². The fourth-order valence-corrected chi connectivity index (χ4v) is 0.436. The SMILES string of the molecule is C#CCCC[B-](F)(F)F.[K+]. The summed E-state index contributed by atoms with van der Waals surface area (Å²) in [6, 6.07) is 0. The molecule has 5 heteroatoms. The van der Waals surface area contributed by atoms with E-state index < -0.39 is 13.3 Å². The van der Waals surface area contributed by atoms with E-state index in [9.17, 15) is 12.9 Å². The fourth-order valence-electron chi connectivity index (χ4n) is 0.436. The smallest absolute Gasteiger partial charge is 0.449 e. The molecule has 10 heavy (non-hydrogen) atoms. The second-order valence-corrected chi connectivity index (χ2v) is 1.81. The van der Waals surface area contributed by atoms with E-state index in [4.69, 9.17) is 6.42 Å². The summed E-state index contributed by atoms with van der Waals surface area (Å²) in [5, 5.41) is 0. The maximum atomic E-state index is 11.4. The van der Waals surface area contributed by atoms with Gasteiger partial charge in [-0.2, -0.15) is 0 Å². The van der Waals surface area contributed by atoms with Crippen LogP contribution in [0.2, 0.25) is 6.32 Å². The van der Waals surface area contributed by atoms with Crippen molar-refractivity contribution < 1.29 is 64.3 Å². The third-order valence-corrected chi connectivity index (χ3v) is 0.853. The zero-order chi connectivity index (χ0) is 7.33. The molecule has 0 radical (unpaired) electrons. The van der Waals surface area contributed by atoms with E-state index in [2.05, 4.69) is 5.92 Å². The molecule has 0 fully saturated rings. The molecular formula is C5H7BF3K. The zero-order valence-electron chi connectivity index (χ0n) is 5.91. The minimum absolute atomic E-state index is 0. The Morgan fingerprint density at radius 1 is 1.30 bits per heavy atom. The predicted octanol–water partition coefficient (Wildman–Crippen LogP) is -0.749. The summed E-state index contributed by atoms with van der Waals surface area (Å²) in [5.74, 6) is 2.15. The van der Waals surface area contributed by atoms with Crippen LogP contribution in [0.5, 0.6) is 0 Å². The Morgan fingerprint density at radius 3 is 2.10 bits per heavy atom. The molecule has 0 aliphatic rings. The van der Waals surface area contributed by atoms with Crippen LogP contribution < -0.4 is 51.4 Å². The summed E-state index contributed by atoms with van der Waals surface area (Å²) in [7, 11) is 0. The van der Waals surface area contributed by atoms with Gasteiger partial charge in [0.05, 0.1) is 0 Å². The summed E-state index contributed by atoms with van der Waals surface area (Å²) >= 11 is 0. The van der Waals surface area contributed by atoms with E-state index in [-0.39, 0.29) is 64.2 Å². The average Bonchev–Trinajstić information content (AvgIpc) is 1.63. The molecule has 0 aliphatic carbocycles. The van der Waals surface area contributed by atoms with Gasteiger partial charge in [0.15, 0.2) is 0 Å². The molecule has 0 amide bonds. The number of unbranched alkanes of at least 4 members (excludes halogenated alkanes) is 1. The van der Waals surface area contributed by atoms with Gasteiger partial charge in [0.1, 0.15) is 0 Å². The molecular weight excluding hydrogens is 167 g/mol. The Morgan fingerprint density at radius 2 is 1.80 bits per heavy atom. The second-order valence-electron chi connectivity index (χ2n) is 1.81. The Kier molecular flexibility index (Phi) is 9.19. The van der Waals surface area contributed by atoms with Crippen molar-refractivity contribution in [1.82, 2.24) is 0 Å². The monoisotopic (exact) mass is 174 g/mol. The Labute approximate surface area is 101 Å². The van der Waals surface area contributed by atoms with Gasteiger partial charge in [-0.25, -0.2) is 0 Å². The third-order valence-electron chi connectivity index (χ3n) is 0.853. The number of hydrogen-bond acceptors (Lipinski definition) is 0. The van der Waals surface area contributed by atoms with E-state index in [0.717, 1.165) is 0 Å². The molecule has 0 atom stereocenters. The Bertz CT molecular complexity index is 115. The number of halogens is 3. The average molecular weight is 174 g/mol. The number of terminal acetylenes is 1. The van der Waals surface area contributed by atoms with Crippen LogP contribution in [0.25, 0.3) is 0 Å². The fraction of sp³-hybridized carbons (Fsp3) is 0.600. The van der Waals surface area contributed by atoms with E-state index in [1.165, 1.54) is 0 Å². The first-order valence-corrected chi connectivity index (χ1v) is 2.71. The quantitative estimate of drug-likeness (QED) is 0.300. The summed E-state index contributed by atoms with van der Waals surface area (Å²) in [4.78, 5) is 0. The molecule has 0 nitrogen and oxygen atoms in total.